The lowest BCUT2D eigenvalue weighted by atomic mass is 10.0. The fourth-order valence-corrected chi connectivity index (χ4v) is 3.17. The number of carbonyl (C=O) groups is 1. The van der Waals surface area contributed by atoms with Gasteiger partial charge in [-0.3, -0.25) is 4.79 Å². The molecule has 3 rings (SSSR count). The summed E-state index contributed by atoms with van der Waals surface area (Å²) in [5, 5.41) is 12.9. The van der Waals surface area contributed by atoms with Gasteiger partial charge in [-0.15, -0.1) is 0 Å². The Hall–Kier alpha value is -2.17. The second-order valence-electron chi connectivity index (χ2n) is 5.73. The second-order valence-corrected chi connectivity index (χ2v) is 5.73. The smallest absolute Gasteiger partial charge is 0.308 e. The Morgan fingerprint density at radius 1 is 1.18 bits per heavy atom. The minimum Gasteiger partial charge on any atom is -0.481 e. The predicted molar refractivity (Wildman–Crippen MR) is 85.2 cm³/mol. The van der Waals surface area contributed by atoms with E-state index in [2.05, 4.69) is 11.4 Å². The maximum Gasteiger partial charge on any atom is 0.308 e. The molecular weight excluding hydrogens is 276 g/mol. The number of aliphatic carboxylic acids is 1. The lowest BCUT2D eigenvalue weighted by Crippen LogP contribution is -2.29. The zero-order valence-corrected chi connectivity index (χ0v) is 12.3. The Morgan fingerprint density at radius 2 is 1.95 bits per heavy atom. The number of benzene rings is 2. The Labute approximate surface area is 130 Å². The number of fused-ring (bicyclic) bond motifs is 1. The van der Waals surface area contributed by atoms with Crippen LogP contribution in [0.15, 0.2) is 48.5 Å². The summed E-state index contributed by atoms with van der Waals surface area (Å²) < 4.78 is 0. The van der Waals surface area contributed by atoms with E-state index in [4.69, 9.17) is 5.73 Å². The summed E-state index contributed by atoms with van der Waals surface area (Å²) in [4.78, 5) is 11.5. The molecule has 0 saturated heterocycles. The van der Waals surface area contributed by atoms with E-state index in [1.807, 2.05) is 42.5 Å². The van der Waals surface area contributed by atoms with Gasteiger partial charge in [-0.25, -0.2) is 0 Å². The molecule has 1 aliphatic carbocycles. The van der Waals surface area contributed by atoms with Crippen molar-refractivity contribution in [1.82, 2.24) is 5.32 Å². The molecule has 22 heavy (non-hydrogen) atoms. The number of carboxylic acids is 1. The fraction of sp³-hybridized carbons (Fsp3) is 0.278. The largest absolute Gasteiger partial charge is 0.481 e. The Kier molecular flexibility index (Phi) is 4.22. The highest BCUT2D eigenvalue weighted by atomic mass is 16.4. The van der Waals surface area contributed by atoms with Gasteiger partial charge in [0, 0.05) is 19.1 Å². The van der Waals surface area contributed by atoms with E-state index in [0.717, 1.165) is 22.3 Å². The number of carboxylic acid groups (broad SMARTS) is 1. The van der Waals surface area contributed by atoms with Crippen molar-refractivity contribution in [1.29, 1.82) is 0 Å². The molecule has 1 aliphatic rings. The molecule has 4 heteroatoms. The third-order valence-corrected chi connectivity index (χ3v) is 4.30. The van der Waals surface area contributed by atoms with Crippen LogP contribution in [0.3, 0.4) is 0 Å². The molecule has 2 atom stereocenters. The first-order valence-electron chi connectivity index (χ1n) is 7.51. The molecule has 0 aliphatic heterocycles. The van der Waals surface area contributed by atoms with Gasteiger partial charge < -0.3 is 16.2 Å². The molecule has 4 N–H and O–H groups in total. The topological polar surface area (TPSA) is 75.3 Å². The van der Waals surface area contributed by atoms with Gasteiger partial charge in [0.25, 0.3) is 0 Å². The van der Waals surface area contributed by atoms with Crippen LogP contribution >= 0.6 is 0 Å². The van der Waals surface area contributed by atoms with Gasteiger partial charge >= 0.3 is 5.97 Å². The van der Waals surface area contributed by atoms with Crippen molar-refractivity contribution in [3.8, 4) is 0 Å². The zero-order chi connectivity index (χ0) is 15.5. The first kappa shape index (κ1) is 14.8. The van der Waals surface area contributed by atoms with Gasteiger partial charge in [-0.05, 0) is 28.7 Å². The summed E-state index contributed by atoms with van der Waals surface area (Å²) in [5.41, 5.74) is 10.1. The number of rotatable bonds is 5. The van der Waals surface area contributed by atoms with Gasteiger partial charge in [0.05, 0.1) is 5.92 Å². The Bertz CT molecular complexity index is 684. The number of hydrogen-bond donors (Lipinski definition) is 3. The van der Waals surface area contributed by atoms with E-state index >= 15 is 0 Å². The van der Waals surface area contributed by atoms with Crippen LogP contribution in [-0.2, 0) is 24.3 Å². The first-order valence-corrected chi connectivity index (χ1v) is 7.51. The van der Waals surface area contributed by atoms with E-state index in [1.54, 1.807) is 0 Å². The van der Waals surface area contributed by atoms with E-state index in [-0.39, 0.29) is 6.04 Å². The van der Waals surface area contributed by atoms with Crippen LogP contribution < -0.4 is 11.1 Å². The van der Waals surface area contributed by atoms with Crippen LogP contribution in [0.4, 0.5) is 0 Å². The molecule has 0 heterocycles. The van der Waals surface area contributed by atoms with Crippen LogP contribution in [0.25, 0.3) is 0 Å². The molecule has 0 bridgehead atoms. The van der Waals surface area contributed by atoms with Crippen molar-refractivity contribution in [2.24, 2.45) is 11.7 Å². The molecule has 2 aromatic carbocycles. The molecule has 0 aromatic heterocycles. The fourth-order valence-electron chi connectivity index (χ4n) is 3.17. The Balaban J connectivity index is 1.78. The van der Waals surface area contributed by atoms with Crippen LogP contribution in [0.5, 0.6) is 0 Å². The number of nitrogens with two attached hydrogens (primary N) is 1. The summed E-state index contributed by atoms with van der Waals surface area (Å²) in [6, 6.07) is 15.9. The van der Waals surface area contributed by atoms with E-state index < -0.39 is 11.9 Å². The Morgan fingerprint density at radius 3 is 2.73 bits per heavy atom. The van der Waals surface area contributed by atoms with Crippen LogP contribution in [0.2, 0.25) is 0 Å². The normalized spacial score (nSPS) is 19.9. The monoisotopic (exact) mass is 296 g/mol. The van der Waals surface area contributed by atoms with E-state index in [0.29, 0.717) is 19.5 Å². The third-order valence-electron chi connectivity index (χ3n) is 4.30. The summed E-state index contributed by atoms with van der Waals surface area (Å²) in [7, 11) is 0. The molecule has 114 valence electrons. The van der Waals surface area contributed by atoms with Crippen molar-refractivity contribution in [3.05, 3.63) is 70.8 Å². The lowest BCUT2D eigenvalue weighted by Gasteiger charge is -2.19. The molecule has 0 radical (unpaired) electrons. The average Bonchev–Trinajstić information content (AvgIpc) is 2.92. The van der Waals surface area contributed by atoms with Gasteiger partial charge in [0.15, 0.2) is 0 Å². The van der Waals surface area contributed by atoms with Crippen molar-refractivity contribution in [2.75, 3.05) is 0 Å². The highest BCUT2D eigenvalue weighted by Crippen LogP contribution is 2.36. The third kappa shape index (κ3) is 2.89. The summed E-state index contributed by atoms with van der Waals surface area (Å²) in [5.74, 6) is -1.15. The highest BCUT2D eigenvalue weighted by Gasteiger charge is 2.36. The van der Waals surface area contributed by atoms with Gasteiger partial charge in [-0.1, -0.05) is 48.5 Å². The maximum absolute atomic E-state index is 11.5. The van der Waals surface area contributed by atoms with Gasteiger partial charge in [-0.2, -0.15) is 0 Å². The zero-order valence-electron chi connectivity index (χ0n) is 12.3. The molecule has 0 amide bonds. The predicted octanol–water partition coefficient (Wildman–Crippen LogP) is 2.23. The quantitative estimate of drug-likeness (QED) is 0.791. The molecule has 2 aromatic rings. The van der Waals surface area contributed by atoms with Crippen molar-refractivity contribution in [3.63, 3.8) is 0 Å². The molecule has 4 nitrogen and oxygen atoms in total. The molecule has 2 unspecified atom stereocenters. The van der Waals surface area contributed by atoms with E-state index in [9.17, 15) is 9.90 Å². The number of hydrogen-bond acceptors (Lipinski definition) is 3. The highest BCUT2D eigenvalue weighted by molar-refractivity contribution is 5.73. The average molecular weight is 296 g/mol. The van der Waals surface area contributed by atoms with Gasteiger partial charge in [0.1, 0.15) is 0 Å². The maximum atomic E-state index is 11.5. The van der Waals surface area contributed by atoms with Crippen LogP contribution in [-0.4, -0.2) is 11.1 Å². The summed E-state index contributed by atoms with van der Waals surface area (Å²) in [6.45, 7) is 1.15. The second kappa shape index (κ2) is 6.30. The standard InChI is InChI=1S/C18H20N2O2/c19-10-12-4-3-5-13(8-12)11-20-17-15-7-2-1-6-14(15)9-16(17)18(21)22/h1-8,16-17,20H,9-11,19H2,(H,21,22). The van der Waals surface area contributed by atoms with E-state index in [1.165, 1.54) is 0 Å². The molecule has 0 fully saturated rings. The summed E-state index contributed by atoms with van der Waals surface area (Å²) >= 11 is 0. The minimum atomic E-state index is -0.746. The molecular formula is C18H20N2O2. The first-order chi connectivity index (χ1) is 10.7. The summed E-state index contributed by atoms with van der Waals surface area (Å²) in [6.07, 6.45) is 0.589. The minimum absolute atomic E-state index is 0.143. The molecule has 0 spiro atoms. The van der Waals surface area contributed by atoms with Crippen molar-refractivity contribution < 1.29 is 9.90 Å². The molecule has 0 saturated carbocycles. The SMILES string of the molecule is NCc1cccc(CNC2c3ccccc3CC2C(=O)O)c1. The van der Waals surface area contributed by atoms with Crippen LogP contribution in [0, 0.1) is 5.92 Å². The van der Waals surface area contributed by atoms with Crippen molar-refractivity contribution in [2.45, 2.75) is 25.6 Å². The number of nitrogens with one attached hydrogen (secondary N) is 1. The lowest BCUT2D eigenvalue weighted by molar-refractivity contribution is -0.142. The van der Waals surface area contributed by atoms with Gasteiger partial charge in [0.2, 0.25) is 0 Å². The van der Waals surface area contributed by atoms with Crippen LogP contribution in [0.1, 0.15) is 28.3 Å². The van der Waals surface area contributed by atoms with Crippen molar-refractivity contribution >= 4 is 5.97 Å².